The summed E-state index contributed by atoms with van der Waals surface area (Å²) in [5.41, 5.74) is 1.26. The standard InChI is InChI=1S/C25H19FN2O5/c1-32-20-9-8-14(26)11-17(20)23(29)21-22(18-12-27-19-7-3-2-6-16(18)19)28(25(31)24(21)30)13-15-5-4-10-33-15/h2-12,22,27,29H,13H2,1H3/b23-21+. The number of halogens is 1. The second-order valence-electron chi connectivity index (χ2n) is 7.64. The number of ether oxygens (including phenoxy) is 1. The summed E-state index contributed by atoms with van der Waals surface area (Å²) in [7, 11) is 1.37. The van der Waals surface area contributed by atoms with Gasteiger partial charge in [0.25, 0.3) is 11.7 Å². The Morgan fingerprint density at radius 2 is 2.00 bits per heavy atom. The highest BCUT2D eigenvalue weighted by Gasteiger charge is 2.47. The molecule has 4 aromatic rings. The van der Waals surface area contributed by atoms with Crippen LogP contribution in [0.15, 0.2) is 77.0 Å². The van der Waals surface area contributed by atoms with E-state index in [1.807, 2.05) is 24.3 Å². The van der Waals surface area contributed by atoms with Gasteiger partial charge in [0.2, 0.25) is 0 Å². The third kappa shape index (κ3) is 3.36. The Balaban J connectivity index is 1.75. The Labute approximate surface area is 187 Å². The van der Waals surface area contributed by atoms with Crippen molar-refractivity contribution in [2.45, 2.75) is 12.6 Å². The third-order valence-electron chi connectivity index (χ3n) is 5.78. The Bertz CT molecular complexity index is 1400. The lowest BCUT2D eigenvalue weighted by Crippen LogP contribution is -2.29. The van der Waals surface area contributed by atoms with Crippen LogP contribution in [0, 0.1) is 5.82 Å². The summed E-state index contributed by atoms with van der Waals surface area (Å²) in [4.78, 5) is 30.8. The molecule has 1 aliphatic rings. The number of carbonyl (C=O) groups is 2. The maximum Gasteiger partial charge on any atom is 0.296 e. The van der Waals surface area contributed by atoms with Crippen LogP contribution in [0.25, 0.3) is 16.7 Å². The first-order chi connectivity index (χ1) is 16.0. The predicted octanol–water partition coefficient (Wildman–Crippen LogP) is 4.53. The number of H-pyrrole nitrogens is 1. The quantitative estimate of drug-likeness (QED) is 0.267. The molecule has 33 heavy (non-hydrogen) atoms. The molecule has 0 aliphatic carbocycles. The SMILES string of the molecule is COc1ccc(F)cc1/C(O)=C1\C(=O)C(=O)N(Cc2ccco2)C1c1c[nH]c2ccccc12. The minimum Gasteiger partial charge on any atom is -0.507 e. The van der Waals surface area contributed by atoms with Crippen molar-refractivity contribution in [3.63, 3.8) is 0 Å². The fraction of sp³-hybridized carbons (Fsp3) is 0.120. The van der Waals surface area contributed by atoms with Gasteiger partial charge < -0.3 is 24.1 Å². The highest BCUT2D eigenvalue weighted by atomic mass is 19.1. The zero-order chi connectivity index (χ0) is 23.1. The normalized spacial score (nSPS) is 17.8. The van der Waals surface area contributed by atoms with Gasteiger partial charge in [-0.15, -0.1) is 0 Å². The molecule has 1 fully saturated rings. The van der Waals surface area contributed by atoms with Crippen molar-refractivity contribution in [1.82, 2.24) is 9.88 Å². The molecule has 0 radical (unpaired) electrons. The highest BCUT2D eigenvalue weighted by molar-refractivity contribution is 6.46. The number of benzene rings is 2. The number of likely N-dealkylation sites (tertiary alicyclic amines) is 1. The van der Waals surface area contributed by atoms with E-state index in [1.165, 1.54) is 30.4 Å². The maximum atomic E-state index is 14.0. The van der Waals surface area contributed by atoms with Crippen LogP contribution >= 0.6 is 0 Å². The van der Waals surface area contributed by atoms with E-state index >= 15 is 0 Å². The van der Waals surface area contributed by atoms with Crippen LogP contribution in [0.3, 0.4) is 0 Å². The van der Waals surface area contributed by atoms with E-state index in [-0.39, 0.29) is 23.4 Å². The number of ketones is 1. The molecule has 2 aromatic carbocycles. The molecular formula is C25H19FN2O5. The summed E-state index contributed by atoms with van der Waals surface area (Å²) < 4.78 is 24.7. The molecule has 1 saturated heterocycles. The lowest BCUT2D eigenvalue weighted by Gasteiger charge is -2.24. The molecule has 2 N–H and O–H groups in total. The largest absolute Gasteiger partial charge is 0.507 e. The van der Waals surface area contributed by atoms with Crippen molar-refractivity contribution in [1.29, 1.82) is 0 Å². The Morgan fingerprint density at radius 3 is 2.76 bits per heavy atom. The second kappa shape index (κ2) is 7.98. The number of aromatic amines is 1. The van der Waals surface area contributed by atoms with E-state index in [9.17, 15) is 19.1 Å². The van der Waals surface area contributed by atoms with Crippen LogP contribution in [0.4, 0.5) is 4.39 Å². The number of carbonyl (C=O) groups excluding carboxylic acids is 2. The molecule has 3 heterocycles. The molecule has 1 aliphatic heterocycles. The van der Waals surface area contributed by atoms with E-state index in [4.69, 9.17) is 9.15 Å². The Morgan fingerprint density at radius 1 is 1.18 bits per heavy atom. The van der Waals surface area contributed by atoms with Gasteiger partial charge in [0, 0.05) is 22.7 Å². The zero-order valence-electron chi connectivity index (χ0n) is 17.5. The zero-order valence-corrected chi connectivity index (χ0v) is 17.5. The molecule has 7 nitrogen and oxygen atoms in total. The number of nitrogens with one attached hydrogen (secondary N) is 1. The van der Waals surface area contributed by atoms with Crippen LogP contribution in [-0.4, -0.2) is 33.8 Å². The number of amides is 1. The van der Waals surface area contributed by atoms with Crippen molar-refractivity contribution in [2.75, 3.05) is 7.11 Å². The number of hydrogen-bond donors (Lipinski definition) is 2. The van der Waals surface area contributed by atoms with Gasteiger partial charge in [-0.2, -0.15) is 0 Å². The van der Waals surface area contributed by atoms with Crippen molar-refractivity contribution in [2.24, 2.45) is 0 Å². The molecule has 8 heteroatoms. The predicted molar refractivity (Wildman–Crippen MR) is 118 cm³/mol. The Kier molecular flexibility index (Phi) is 4.97. The van der Waals surface area contributed by atoms with Gasteiger partial charge in [0.1, 0.15) is 23.1 Å². The lowest BCUT2D eigenvalue weighted by molar-refractivity contribution is -0.140. The number of aliphatic hydroxyl groups excluding tert-OH is 1. The summed E-state index contributed by atoms with van der Waals surface area (Å²) >= 11 is 0. The molecule has 166 valence electrons. The Hall–Kier alpha value is -4.33. The maximum absolute atomic E-state index is 14.0. The van der Waals surface area contributed by atoms with Gasteiger partial charge in [-0.05, 0) is 36.4 Å². The topological polar surface area (TPSA) is 95.8 Å². The molecule has 1 unspecified atom stereocenters. The molecule has 1 atom stereocenters. The van der Waals surface area contributed by atoms with Gasteiger partial charge in [0.15, 0.2) is 0 Å². The van der Waals surface area contributed by atoms with E-state index in [2.05, 4.69) is 4.98 Å². The number of nitrogens with zero attached hydrogens (tertiary/aromatic N) is 1. The van der Waals surface area contributed by atoms with Gasteiger partial charge in [0.05, 0.1) is 37.1 Å². The van der Waals surface area contributed by atoms with E-state index in [0.717, 1.165) is 17.0 Å². The number of aliphatic hydroxyl groups is 1. The fourth-order valence-electron chi connectivity index (χ4n) is 4.27. The number of methoxy groups -OCH3 is 1. The monoisotopic (exact) mass is 446 g/mol. The van der Waals surface area contributed by atoms with Crippen molar-refractivity contribution in [3.8, 4) is 5.75 Å². The van der Waals surface area contributed by atoms with Crippen LogP contribution in [0.1, 0.15) is 22.9 Å². The first-order valence-corrected chi connectivity index (χ1v) is 10.2. The minimum atomic E-state index is -0.931. The molecule has 0 saturated carbocycles. The van der Waals surface area contributed by atoms with Gasteiger partial charge in [-0.3, -0.25) is 9.59 Å². The van der Waals surface area contributed by atoms with Crippen molar-refractivity contribution < 1.29 is 28.2 Å². The highest BCUT2D eigenvalue weighted by Crippen LogP contribution is 2.43. The first kappa shape index (κ1) is 20.6. The second-order valence-corrected chi connectivity index (χ2v) is 7.64. The van der Waals surface area contributed by atoms with Gasteiger partial charge >= 0.3 is 0 Å². The smallest absolute Gasteiger partial charge is 0.296 e. The summed E-state index contributed by atoms with van der Waals surface area (Å²) in [6, 6.07) is 13.5. The molecule has 0 bridgehead atoms. The summed E-state index contributed by atoms with van der Waals surface area (Å²) in [5, 5.41) is 12.0. The number of fused-ring (bicyclic) bond motifs is 1. The molecule has 1 amide bonds. The fourth-order valence-corrected chi connectivity index (χ4v) is 4.27. The summed E-state index contributed by atoms with van der Waals surface area (Å²) in [5.74, 6) is -2.15. The van der Waals surface area contributed by atoms with E-state index in [0.29, 0.717) is 11.3 Å². The number of Topliss-reactive ketones (excluding diaryl/α,β-unsaturated/α-hetero) is 1. The van der Waals surface area contributed by atoms with Crippen LogP contribution < -0.4 is 4.74 Å². The number of hydrogen-bond acceptors (Lipinski definition) is 5. The van der Waals surface area contributed by atoms with E-state index in [1.54, 1.807) is 18.3 Å². The van der Waals surface area contributed by atoms with Crippen molar-refractivity contribution in [3.05, 3.63) is 95.3 Å². The van der Waals surface area contributed by atoms with Crippen molar-refractivity contribution >= 4 is 28.4 Å². The van der Waals surface area contributed by atoms with Crippen LogP contribution in [0.5, 0.6) is 5.75 Å². The summed E-state index contributed by atoms with van der Waals surface area (Å²) in [6.07, 6.45) is 3.18. The van der Waals surface area contributed by atoms with E-state index < -0.39 is 29.3 Å². The number of rotatable bonds is 5. The average molecular weight is 446 g/mol. The minimum absolute atomic E-state index is 0.0127. The number of aromatic nitrogens is 1. The lowest BCUT2D eigenvalue weighted by atomic mass is 9.94. The van der Waals surface area contributed by atoms with Gasteiger partial charge in [-0.25, -0.2) is 4.39 Å². The molecule has 5 rings (SSSR count). The first-order valence-electron chi connectivity index (χ1n) is 10.2. The number of para-hydroxylation sites is 1. The third-order valence-corrected chi connectivity index (χ3v) is 5.78. The molecular weight excluding hydrogens is 427 g/mol. The number of furan rings is 1. The van der Waals surface area contributed by atoms with Crippen LogP contribution in [-0.2, 0) is 16.1 Å². The molecule has 0 spiro atoms. The molecule has 2 aromatic heterocycles. The van der Waals surface area contributed by atoms with Gasteiger partial charge in [-0.1, -0.05) is 18.2 Å². The summed E-state index contributed by atoms with van der Waals surface area (Å²) in [6.45, 7) is 0.0127. The average Bonchev–Trinajstić information content (AvgIpc) is 3.54. The van der Waals surface area contributed by atoms with Crippen LogP contribution in [0.2, 0.25) is 0 Å².